The van der Waals surface area contributed by atoms with Crippen molar-refractivity contribution in [3.05, 3.63) is 206 Å². The van der Waals surface area contributed by atoms with Gasteiger partial charge in [-0.3, -0.25) is 0 Å². The molecule has 0 aliphatic rings. The van der Waals surface area contributed by atoms with Crippen LogP contribution in [0, 0.1) is 0 Å². The van der Waals surface area contributed by atoms with Crippen LogP contribution in [-0.4, -0.2) is 9.13 Å². The molecular formula is C54H34N2O. The quantitative estimate of drug-likeness (QED) is 0.172. The Bertz CT molecular complexity index is 4940. The van der Waals surface area contributed by atoms with E-state index in [-0.39, 0.29) is 27.5 Å². The number of benzene rings is 9. The number of hydrogen-bond acceptors (Lipinski definition) is 1. The Morgan fingerprint density at radius 1 is 0.368 bits per heavy atom. The van der Waals surface area contributed by atoms with Gasteiger partial charge in [-0.15, -0.1) is 0 Å². The Hall–Kier alpha value is -7.62. The van der Waals surface area contributed by atoms with Crippen LogP contribution in [0.15, 0.2) is 210 Å². The zero-order valence-electron chi connectivity index (χ0n) is 54.0. The maximum absolute atomic E-state index is 10.1. The highest BCUT2D eigenvalue weighted by Crippen LogP contribution is 2.43. The van der Waals surface area contributed by atoms with Crippen LogP contribution >= 0.6 is 0 Å². The average molecular weight is 752 g/mol. The summed E-state index contributed by atoms with van der Waals surface area (Å²) in [6.07, 6.45) is 0. The number of aromatic nitrogens is 2. The van der Waals surface area contributed by atoms with E-state index in [4.69, 9.17) is 23.6 Å². The summed E-state index contributed by atoms with van der Waals surface area (Å²) in [6, 6.07) is -4.74. The van der Waals surface area contributed by atoms with Crippen LogP contribution in [0.2, 0.25) is 0 Å². The lowest BCUT2D eigenvalue weighted by Crippen LogP contribution is -1.95. The van der Waals surface area contributed by atoms with Crippen LogP contribution < -0.4 is 0 Å². The summed E-state index contributed by atoms with van der Waals surface area (Å²) in [4.78, 5) is 0. The van der Waals surface area contributed by atoms with E-state index in [1.165, 1.54) is 4.57 Å². The molecule has 0 saturated heterocycles. The molecule has 0 radical (unpaired) electrons. The fourth-order valence-electron chi connectivity index (χ4n) is 7.42. The van der Waals surface area contributed by atoms with Gasteiger partial charge in [-0.05, 0) is 99.9 Å². The molecule has 3 heterocycles. The van der Waals surface area contributed by atoms with E-state index in [1.54, 1.807) is 24.3 Å². The van der Waals surface area contributed by atoms with E-state index in [2.05, 4.69) is 0 Å². The third-order valence-electron chi connectivity index (χ3n) is 9.89. The lowest BCUT2D eigenvalue weighted by atomic mass is 9.98. The second kappa shape index (κ2) is 12.5. The van der Waals surface area contributed by atoms with E-state index in [9.17, 15) is 15.1 Å². The lowest BCUT2D eigenvalue weighted by molar-refractivity contribution is 0.669. The number of para-hydroxylation sites is 2. The zero-order chi connectivity index (χ0) is 59.2. The minimum Gasteiger partial charge on any atom is -0.456 e. The molecule has 0 N–H and O–H groups in total. The van der Waals surface area contributed by atoms with Gasteiger partial charge in [0.05, 0.1) is 67.4 Å². The molecule has 9 aromatic carbocycles. The predicted octanol–water partition coefficient (Wildman–Crippen LogP) is 14.8. The Morgan fingerprint density at radius 2 is 0.930 bits per heavy atom. The monoisotopic (exact) mass is 751 g/mol. The van der Waals surface area contributed by atoms with Crippen LogP contribution in [-0.2, 0) is 0 Å². The summed E-state index contributed by atoms with van der Waals surface area (Å²) in [7, 11) is 0. The van der Waals surface area contributed by atoms with Crippen molar-refractivity contribution in [1.29, 1.82) is 0 Å². The number of nitrogens with zero attached hydrogens (tertiary/aromatic N) is 2. The molecule has 0 aliphatic carbocycles. The van der Waals surface area contributed by atoms with E-state index in [0.29, 0.717) is 0 Å². The van der Waals surface area contributed by atoms with E-state index in [1.807, 2.05) is 30.3 Å². The standard InChI is InChI=1S/C54H34N2O/c1-3-13-35(14-4-1)36-25-29-40(30-26-36)55-46-20-9-7-17-42(46)44-33-38(27-31-48(44)55)39-28-32-49-45(34-39)43-18-8-10-21-47(43)56(49)50-22-12-24-52-54(50)53-41(19-11-23-51(53)57-52)37-15-5-2-6-16-37/h1-34H/i2D,5D,6D,7D,8D,9D,10D,11D,12D,15D,16D,17D,18D,19D,20D,21D,22D,23D,24D,27D,28D,31D,32D,33D,34D. The van der Waals surface area contributed by atoms with Gasteiger partial charge >= 0.3 is 0 Å². The fraction of sp³-hybridized carbons (Fsp3) is 0. The second-order valence-electron chi connectivity index (χ2n) is 13.0. The largest absolute Gasteiger partial charge is 0.456 e. The van der Waals surface area contributed by atoms with Gasteiger partial charge in [0, 0.05) is 32.6 Å². The predicted molar refractivity (Wildman–Crippen MR) is 239 cm³/mol. The van der Waals surface area contributed by atoms with E-state index < -0.39 is 223 Å². The topological polar surface area (TPSA) is 23.0 Å². The normalized spacial score (nSPS) is 18.0. The molecule has 266 valence electrons. The van der Waals surface area contributed by atoms with Crippen LogP contribution in [0.5, 0.6) is 0 Å². The van der Waals surface area contributed by atoms with Crippen LogP contribution in [0.1, 0.15) is 34.3 Å². The minimum atomic E-state index is -0.969. The highest BCUT2D eigenvalue weighted by Gasteiger charge is 2.21. The minimum absolute atomic E-state index is 0.180. The van der Waals surface area contributed by atoms with Crippen molar-refractivity contribution in [2.45, 2.75) is 0 Å². The van der Waals surface area contributed by atoms with Gasteiger partial charge in [0.15, 0.2) is 0 Å². The number of hydrogen-bond donors (Lipinski definition) is 0. The molecule has 3 aromatic heterocycles. The maximum Gasteiger partial charge on any atom is 0.137 e. The first-order valence-corrected chi connectivity index (χ1v) is 17.5. The second-order valence-corrected chi connectivity index (χ2v) is 13.0. The summed E-state index contributed by atoms with van der Waals surface area (Å²) in [5.41, 5.74) is -4.47. The van der Waals surface area contributed by atoms with Gasteiger partial charge < -0.3 is 13.6 Å². The van der Waals surface area contributed by atoms with Crippen LogP contribution in [0.25, 0.3) is 110 Å². The molecule has 3 nitrogen and oxygen atoms in total. The Labute approximate surface area is 364 Å². The Balaban J connectivity index is 1.26. The molecule has 0 fully saturated rings. The van der Waals surface area contributed by atoms with Crippen molar-refractivity contribution < 1.29 is 38.7 Å². The van der Waals surface area contributed by atoms with E-state index >= 15 is 0 Å². The van der Waals surface area contributed by atoms with Gasteiger partial charge in [-0.2, -0.15) is 0 Å². The molecule has 0 saturated carbocycles. The van der Waals surface area contributed by atoms with Crippen molar-refractivity contribution >= 4 is 65.6 Å². The first-order valence-electron chi connectivity index (χ1n) is 30.0. The maximum atomic E-state index is 10.1. The molecular weight excluding hydrogens is 693 g/mol. The van der Waals surface area contributed by atoms with Crippen LogP contribution in [0.3, 0.4) is 0 Å². The summed E-state index contributed by atoms with van der Waals surface area (Å²) >= 11 is 0. The Morgan fingerprint density at radius 3 is 1.63 bits per heavy atom. The van der Waals surface area contributed by atoms with Gasteiger partial charge in [-0.25, -0.2) is 0 Å². The van der Waals surface area contributed by atoms with Crippen molar-refractivity contribution in [3.8, 4) is 44.8 Å². The summed E-state index contributed by atoms with van der Waals surface area (Å²) in [5, 5.41) is -2.77. The third kappa shape index (κ3) is 4.86. The molecule has 57 heavy (non-hydrogen) atoms. The van der Waals surface area contributed by atoms with Crippen molar-refractivity contribution in [1.82, 2.24) is 9.13 Å². The molecule has 3 heteroatoms. The Kier molecular flexibility index (Phi) is 3.46. The van der Waals surface area contributed by atoms with Crippen LogP contribution in [0.4, 0.5) is 0 Å². The number of furan rings is 1. The summed E-state index contributed by atoms with van der Waals surface area (Å²) in [6.45, 7) is 0. The van der Waals surface area contributed by atoms with Crippen molar-refractivity contribution in [2.75, 3.05) is 0 Å². The highest BCUT2D eigenvalue weighted by molar-refractivity contribution is 6.18. The van der Waals surface area contributed by atoms with Gasteiger partial charge in [-0.1, -0.05) is 139 Å². The molecule has 0 unspecified atom stereocenters. The average Bonchev–Trinajstić information content (AvgIpc) is 2.72. The highest BCUT2D eigenvalue weighted by atomic mass is 16.3. The van der Waals surface area contributed by atoms with Gasteiger partial charge in [0.25, 0.3) is 0 Å². The molecule has 0 spiro atoms. The van der Waals surface area contributed by atoms with Crippen molar-refractivity contribution in [3.63, 3.8) is 0 Å². The van der Waals surface area contributed by atoms with Gasteiger partial charge in [0.1, 0.15) is 11.2 Å². The van der Waals surface area contributed by atoms with Gasteiger partial charge in [0.2, 0.25) is 0 Å². The zero-order valence-corrected chi connectivity index (χ0v) is 29.0. The smallest absolute Gasteiger partial charge is 0.137 e. The van der Waals surface area contributed by atoms with Crippen molar-refractivity contribution in [2.24, 2.45) is 0 Å². The molecule has 0 atom stereocenters. The fourth-order valence-corrected chi connectivity index (χ4v) is 7.42. The number of rotatable bonds is 5. The van der Waals surface area contributed by atoms with E-state index in [0.717, 1.165) is 15.7 Å². The molecule has 0 amide bonds. The third-order valence-corrected chi connectivity index (χ3v) is 9.89. The SMILES string of the molecule is [2H]c1c([2H])c([2H])c(-c2c([2H])c([2H])c([2H])c3oc4c([2H])c([2H])c([2H])c(-n5c6c([2H])c([2H])c([2H])c([2H])c6c6c([2H])c(-c7c([2H])c([2H])c8c(c7[2H])c7c([2H])c([2H])c([2H])c([2H])c7n8-c7ccc(-c8ccccc8)cc7)c([2H])c([2H])c65)c4c23)c([2H])c1[2H]. The molecule has 0 bridgehead atoms. The molecule has 12 aromatic rings. The summed E-state index contributed by atoms with van der Waals surface area (Å²) in [5.74, 6) is 0. The number of fused-ring (bicyclic) bond motifs is 9. The lowest BCUT2D eigenvalue weighted by Gasteiger charge is -2.11. The molecule has 12 rings (SSSR count). The first-order chi connectivity index (χ1) is 38.7. The molecule has 0 aliphatic heterocycles. The first kappa shape index (κ1) is 15.9. The summed E-state index contributed by atoms with van der Waals surface area (Å²) < 4.78 is 237.